The van der Waals surface area contributed by atoms with Crippen LogP contribution in [0.4, 0.5) is 0 Å². The van der Waals surface area contributed by atoms with E-state index in [-0.39, 0.29) is 11.1 Å². The second-order valence-corrected chi connectivity index (χ2v) is 12.7. The Hall–Kier alpha value is -1.84. The van der Waals surface area contributed by atoms with E-state index in [0.717, 1.165) is 68.1 Å². The summed E-state index contributed by atoms with van der Waals surface area (Å²) in [5.41, 5.74) is 3.13. The fourth-order valence-corrected chi connectivity index (χ4v) is 6.38. The minimum Gasteiger partial charge on any atom is -0.478 e. The zero-order valence-electron chi connectivity index (χ0n) is 27.9. The number of carboxylic acids is 2. The van der Waals surface area contributed by atoms with Crippen LogP contribution in [-0.2, 0) is 19.3 Å². The lowest BCUT2D eigenvalue weighted by molar-refractivity contribution is 0.0650. The Kier molecular flexibility index (Phi) is 23.3. The fraction of sp³-hybridized carbons (Fsp3) is 0.789. The molecule has 0 radical (unpaired) electrons. The Balaban J connectivity index is 2.99. The molecular formula is C38H66O4. The number of hydrogen-bond acceptors (Lipinski definition) is 2. The lowest BCUT2D eigenvalue weighted by atomic mass is 9.84. The van der Waals surface area contributed by atoms with E-state index in [0.29, 0.717) is 6.42 Å². The van der Waals surface area contributed by atoms with E-state index >= 15 is 0 Å². The minimum absolute atomic E-state index is 0.00904. The summed E-state index contributed by atoms with van der Waals surface area (Å²) in [5, 5.41) is 20.3. The predicted molar refractivity (Wildman–Crippen MR) is 179 cm³/mol. The summed E-state index contributed by atoms with van der Waals surface area (Å²) in [4.78, 5) is 24.8. The van der Waals surface area contributed by atoms with Crippen molar-refractivity contribution in [2.24, 2.45) is 0 Å². The van der Waals surface area contributed by atoms with Gasteiger partial charge in [0.05, 0.1) is 11.1 Å². The van der Waals surface area contributed by atoms with Crippen LogP contribution >= 0.6 is 0 Å². The Bertz CT molecular complexity index is 844. The number of aromatic carboxylic acids is 2. The highest BCUT2D eigenvalue weighted by molar-refractivity contribution is 6.03. The molecule has 0 aliphatic rings. The summed E-state index contributed by atoms with van der Waals surface area (Å²) in [5.74, 6) is -2.20. The molecule has 1 aromatic rings. The van der Waals surface area contributed by atoms with Crippen molar-refractivity contribution in [3.05, 3.63) is 33.9 Å². The van der Waals surface area contributed by atoms with E-state index in [1.165, 1.54) is 116 Å². The van der Waals surface area contributed by atoms with Crippen LogP contribution in [0.2, 0.25) is 0 Å². The van der Waals surface area contributed by atoms with E-state index in [2.05, 4.69) is 20.8 Å². The van der Waals surface area contributed by atoms with Crippen molar-refractivity contribution in [1.82, 2.24) is 0 Å². The van der Waals surface area contributed by atoms with Gasteiger partial charge in [-0.3, -0.25) is 0 Å². The molecule has 242 valence electrons. The zero-order valence-corrected chi connectivity index (χ0v) is 27.9. The number of carboxylic acid groups (broad SMARTS) is 2. The number of rotatable bonds is 29. The molecule has 0 saturated carbocycles. The molecule has 4 nitrogen and oxygen atoms in total. The van der Waals surface area contributed by atoms with Crippen LogP contribution in [0.15, 0.2) is 6.07 Å². The third-order valence-corrected chi connectivity index (χ3v) is 8.95. The number of carbonyl (C=O) groups is 2. The first-order chi connectivity index (χ1) is 20.5. The molecule has 0 saturated heterocycles. The van der Waals surface area contributed by atoms with Gasteiger partial charge in [-0.15, -0.1) is 0 Å². The second-order valence-electron chi connectivity index (χ2n) is 12.7. The summed E-state index contributed by atoms with van der Waals surface area (Å²) < 4.78 is 0. The fourth-order valence-electron chi connectivity index (χ4n) is 6.38. The summed E-state index contributed by atoms with van der Waals surface area (Å²) in [6.07, 6.45) is 31.8. The van der Waals surface area contributed by atoms with Gasteiger partial charge in [-0.05, 0) is 61.3 Å². The molecule has 0 aliphatic heterocycles. The molecule has 0 aliphatic carbocycles. The molecule has 0 heterocycles. The molecule has 1 rings (SSSR count). The molecular weight excluding hydrogens is 520 g/mol. The molecule has 0 spiro atoms. The van der Waals surface area contributed by atoms with Gasteiger partial charge in [0.15, 0.2) is 0 Å². The van der Waals surface area contributed by atoms with Gasteiger partial charge >= 0.3 is 11.9 Å². The van der Waals surface area contributed by atoms with E-state index in [1.54, 1.807) is 6.07 Å². The first kappa shape index (κ1) is 38.2. The Morgan fingerprint density at radius 2 is 0.786 bits per heavy atom. The van der Waals surface area contributed by atoms with Crippen molar-refractivity contribution < 1.29 is 19.8 Å². The van der Waals surface area contributed by atoms with Crippen LogP contribution in [-0.4, -0.2) is 22.2 Å². The van der Waals surface area contributed by atoms with Crippen molar-refractivity contribution in [2.45, 2.75) is 194 Å². The summed E-state index contributed by atoms with van der Waals surface area (Å²) >= 11 is 0. The van der Waals surface area contributed by atoms with Gasteiger partial charge < -0.3 is 10.2 Å². The van der Waals surface area contributed by atoms with Crippen molar-refractivity contribution in [1.29, 1.82) is 0 Å². The Morgan fingerprint density at radius 3 is 1.14 bits per heavy atom. The van der Waals surface area contributed by atoms with E-state index in [1.807, 2.05) is 0 Å². The monoisotopic (exact) mass is 586 g/mol. The van der Waals surface area contributed by atoms with Gasteiger partial charge in [-0.2, -0.15) is 0 Å². The first-order valence-electron chi connectivity index (χ1n) is 18.1. The quantitative estimate of drug-likeness (QED) is 0.0915. The SMILES string of the molecule is CCCCCCCCCCCCc1c(CCCCCCCCCC)c(CCCCCCCC)cc(C(=O)O)c1C(=O)O. The largest absolute Gasteiger partial charge is 0.478 e. The number of hydrogen-bond donors (Lipinski definition) is 2. The molecule has 42 heavy (non-hydrogen) atoms. The zero-order chi connectivity index (χ0) is 30.8. The summed E-state index contributed by atoms with van der Waals surface area (Å²) in [7, 11) is 0. The maximum absolute atomic E-state index is 12.5. The maximum atomic E-state index is 12.5. The standard InChI is InChI=1S/C38H66O4/c1-4-7-10-13-16-18-19-21-24-27-30-34-33(29-26-23-20-17-14-11-8-5-2)32(28-25-22-15-12-9-6-3)31-35(37(39)40)36(34)38(41)42/h31H,4-30H2,1-3H3,(H,39,40)(H,41,42). The lowest BCUT2D eigenvalue weighted by Crippen LogP contribution is -2.16. The highest BCUT2D eigenvalue weighted by Gasteiger charge is 2.25. The molecule has 1 aromatic carbocycles. The third-order valence-electron chi connectivity index (χ3n) is 8.95. The van der Waals surface area contributed by atoms with Crippen molar-refractivity contribution >= 4 is 11.9 Å². The first-order valence-corrected chi connectivity index (χ1v) is 18.1. The van der Waals surface area contributed by atoms with Crippen LogP contribution in [0.3, 0.4) is 0 Å². The average molecular weight is 587 g/mol. The second kappa shape index (κ2) is 25.6. The minimum atomic E-state index is -1.11. The highest BCUT2D eigenvalue weighted by Crippen LogP contribution is 2.30. The van der Waals surface area contributed by atoms with Gasteiger partial charge in [0.1, 0.15) is 0 Å². The number of unbranched alkanes of at least 4 members (excludes halogenated alkanes) is 21. The molecule has 2 N–H and O–H groups in total. The number of aryl methyl sites for hydroxylation is 1. The van der Waals surface area contributed by atoms with Gasteiger partial charge in [-0.1, -0.05) is 156 Å². The topological polar surface area (TPSA) is 74.6 Å². The van der Waals surface area contributed by atoms with Crippen LogP contribution < -0.4 is 0 Å². The van der Waals surface area contributed by atoms with Gasteiger partial charge in [0.2, 0.25) is 0 Å². The molecule has 0 bridgehead atoms. The van der Waals surface area contributed by atoms with E-state index in [4.69, 9.17) is 0 Å². The van der Waals surface area contributed by atoms with Crippen molar-refractivity contribution in [2.75, 3.05) is 0 Å². The lowest BCUT2D eigenvalue weighted by Gasteiger charge is -2.20. The average Bonchev–Trinajstić information content (AvgIpc) is 2.97. The van der Waals surface area contributed by atoms with Crippen LogP contribution in [0.25, 0.3) is 0 Å². The Labute approximate surface area is 259 Å². The van der Waals surface area contributed by atoms with Crippen molar-refractivity contribution in [3.8, 4) is 0 Å². The number of benzene rings is 1. The molecule has 0 amide bonds. The Morgan fingerprint density at radius 1 is 0.452 bits per heavy atom. The van der Waals surface area contributed by atoms with Crippen LogP contribution in [0, 0.1) is 0 Å². The van der Waals surface area contributed by atoms with E-state index in [9.17, 15) is 19.8 Å². The van der Waals surface area contributed by atoms with Gasteiger partial charge in [0.25, 0.3) is 0 Å². The third kappa shape index (κ3) is 16.7. The molecule has 0 aromatic heterocycles. The molecule has 0 unspecified atom stereocenters. The molecule has 0 atom stereocenters. The smallest absolute Gasteiger partial charge is 0.336 e. The molecule has 4 heteroatoms. The normalized spacial score (nSPS) is 11.3. The maximum Gasteiger partial charge on any atom is 0.336 e. The van der Waals surface area contributed by atoms with Crippen LogP contribution in [0.5, 0.6) is 0 Å². The predicted octanol–water partition coefficient (Wildman–Crippen LogP) is 12.1. The van der Waals surface area contributed by atoms with Gasteiger partial charge in [-0.25, -0.2) is 9.59 Å². The van der Waals surface area contributed by atoms with Crippen molar-refractivity contribution in [3.63, 3.8) is 0 Å². The van der Waals surface area contributed by atoms with Crippen LogP contribution in [0.1, 0.15) is 212 Å². The highest BCUT2D eigenvalue weighted by atomic mass is 16.4. The summed E-state index contributed by atoms with van der Waals surface area (Å²) in [6.45, 7) is 6.72. The van der Waals surface area contributed by atoms with Gasteiger partial charge in [0, 0.05) is 0 Å². The van der Waals surface area contributed by atoms with E-state index < -0.39 is 11.9 Å². The molecule has 0 fully saturated rings. The summed E-state index contributed by atoms with van der Waals surface area (Å²) in [6, 6.07) is 1.72.